The Morgan fingerprint density at radius 3 is 2.14 bits per heavy atom. The third-order valence-electron chi connectivity index (χ3n) is 4.00. The molecule has 1 aliphatic rings. The van der Waals surface area contributed by atoms with Crippen LogP contribution in [0, 0.1) is 5.92 Å². The molecule has 1 aromatic carbocycles. The van der Waals surface area contributed by atoms with E-state index in [-0.39, 0.29) is 35.0 Å². The predicted molar refractivity (Wildman–Crippen MR) is 85.1 cm³/mol. The molecule has 3 N–H and O–H groups in total. The average Bonchev–Trinajstić information content (AvgIpc) is 2.46. The standard InChI is InChI=1S/C15H20F3NOS.ClH/c16-15(17,18)21-12-8-6-10(7-9-12)13(19)14(20)11-4-2-1-3-5-11;/h6-9,11,13-14,20H,1-5,19H2;1H/t13-,14+;/m1./s1. The van der Waals surface area contributed by atoms with Crippen molar-refractivity contribution in [3.63, 3.8) is 0 Å². The summed E-state index contributed by atoms with van der Waals surface area (Å²) in [7, 11) is 0. The maximum Gasteiger partial charge on any atom is 0.446 e. The molecular weight excluding hydrogens is 335 g/mol. The third-order valence-corrected chi connectivity index (χ3v) is 4.74. The number of nitrogens with two attached hydrogens (primary N) is 1. The van der Waals surface area contributed by atoms with Crippen molar-refractivity contribution in [3.8, 4) is 0 Å². The molecule has 0 radical (unpaired) electrons. The molecule has 2 atom stereocenters. The van der Waals surface area contributed by atoms with Crippen LogP contribution in [0.2, 0.25) is 0 Å². The highest BCUT2D eigenvalue weighted by atomic mass is 35.5. The molecule has 0 aromatic heterocycles. The van der Waals surface area contributed by atoms with Crippen LogP contribution >= 0.6 is 24.2 Å². The van der Waals surface area contributed by atoms with E-state index in [1.165, 1.54) is 18.6 Å². The van der Waals surface area contributed by atoms with Gasteiger partial charge in [-0.1, -0.05) is 31.4 Å². The normalized spacial score (nSPS) is 19.3. The van der Waals surface area contributed by atoms with Crippen LogP contribution in [-0.2, 0) is 0 Å². The summed E-state index contributed by atoms with van der Waals surface area (Å²) in [4.78, 5) is 0.130. The summed E-state index contributed by atoms with van der Waals surface area (Å²) in [5.41, 5.74) is 2.46. The van der Waals surface area contributed by atoms with Crippen molar-refractivity contribution in [2.75, 3.05) is 0 Å². The second kappa shape index (κ2) is 8.43. The number of aliphatic hydroxyl groups is 1. The Labute approximate surface area is 139 Å². The lowest BCUT2D eigenvalue weighted by Crippen LogP contribution is -2.34. The zero-order chi connectivity index (χ0) is 15.5. The number of hydrogen-bond donors (Lipinski definition) is 2. The summed E-state index contributed by atoms with van der Waals surface area (Å²) >= 11 is -0.146. The molecule has 0 aliphatic heterocycles. The van der Waals surface area contributed by atoms with E-state index >= 15 is 0 Å². The molecule has 0 bridgehead atoms. The maximum absolute atomic E-state index is 12.3. The number of halogens is 4. The highest BCUT2D eigenvalue weighted by Gasteiger charge is 2.30. The lowest BCUT2D eigenvalue weighted by molar-refractivity contribution is -0.0328. The van der Waals surface area contributed by atoms with Crippen molar-refractivity contribution in [2.24, 2.45) is 11.7 Å². The molecule has 0 unspecified atom stereocenters. The van der Waals surface area contributed by atoms with Crippen molar-refractivity contribution in [1.29, 1.82) is 0 Å². The van der Waals surface area contributed by atoms with Gasteiger partial charge in [-0.05, 0) is 48.2 Å². The first-order valence-electron chi connectivity index (χ1n) is 7.16. The van der Waals surface area contributed by atoms with Gasteiger partial charge in [0.25, 0.3) is 0 Å². The first-order chi connectivity index (χ1) is 9.87. The van der Waals surface area contributed by atoms with E-state index in [1.807, 2.05) is 0 Å². The minimum absolute atomic E-state index is 0. The zero-order valence-corrected chi connectivity index (χ0v) is 13.7. The topological polar surface area (TPSA) is 46.2 Å². The van der Waals surface area contributed by atoms with Gasteiger partial charge in [0.05, 0.1) is 12.1 Å². The average molecular weight is 356 g/mol. The summed E-state index contributed by atoms with van der Waals surface area (Å²) in [6, 6.07) is 5.41. The number of rotatable bonds is 4. The van der Waals surface area contributed by atoms with Gasteiger partial charge < -0.3 is 10.8 Å². The molecule has 0 spiro atoms. The van der Waals surface area contributed by atoms with Gasteiger partial charge in [-0.2, -0.15) is 13.2 Å². The van der Waals surface area contributed by atoms with Gasteiger partial charge in [-0.15, -0.1) is 12.4 Å². The first kappa shape index (κ1) is 19.6. The summed E-state index contributed by atoms with van der Waals surface area (Å²) < 4.78 is 36.8. The van der Waals surface area contributed by atoms with Gasteiger partial charge in [0.1, 0.15) is 0 Å². The van der Waals surface area contributed by atoms with Crippen molar-refractivity contribution in [2.45, 2.75) is 54.7 Å². The van der Waals surface area contributed by atoms with Gasteiger partial charge in [0.2, 0.25) is 0 Å². The summed E-state index contributed by atoms with van der Waals surface area (Å²) in [6.07, 6.45) is 4.72. The molecule has 22 heavy (non-hydrogen) atoms. The second-order valence-electron chi connectivity index (χ2n) is 5.53. The van der Waals surface area contributed by atoms with Gasteiger partial charge in [-0.25, -0.2) is 0 Å². The lowest BCUT2D eigenvalue weighted by atomic mass is 9.81. The summed E-state index contributed by atoms with van der Waals surface area (Å²) in [6.45, 7) is 0. The van der Waals surface area contributed by atoms with Crippen LogP contribution in [0.25, 0.3) is 0 Å². The molecule has 0 saturated heterocycles. The van der Waals surface area contributed by atoms with Gasteiger partial charge in [-0.3, -0.25) is 0 Å². The fraction of sp³-hybridized carbons (Fsp3) is 0.600. The van der Waals surface area contributed by atoms with E-state index in [4.69, 9.17) is 5.73 Å². The monoisotopic (exact) mass is 355 g/mol. The van der Waals surface area contributed by atoms with Crippen LogP contribution in [0.3, 0.4) is 0 Å². The molecule has 2 nitrogen and oxygen atoms in total. The molecule has 2 rings (SSSR count). The zero-order valence-electron chi connectivity index (χ0n) is 12.1. The van der Waals surface area contributed by atoms with Crippen molar-refractivity contribution in [3.05, 3.63) is 29.8 Å². The van der Waals surface area contributed by atoms with Crippen molar-refractivity contribution < 1.29 is 18.3 Å². The van der Waals surface area contributed by atoms with E-state index in [2.05, 4.69) is 0 Å². The van der Waals surface area contributed by atoms with Gasteiger partial charge in [0.15, 0.2) is 0 Å². The third kappa shape index (κ3) is 5.65. The van der Waals surface area contributed by atoms with E-state index in [1.54, 1.807) is 12.1 Å². The van der Waals surface area contributed by atoms with Crippen LogP contribution in [0.4, 0.5) is 13.2 Å². The minimum atomic E-state index is -4.29. The number of aliphatic hydroxyl groups excluding tert-OH is 1. The number of alkyl halides is 3. The maximum atomic E-state index is 12.3. The SMILES string of the molecule is Cl.N[C@H](c1ccc(SC(F)(F)F)cc1)[C@@H](O)C1CCCCC1. The first-order valence-corrected chi connectivity index (χ1v) is 7.98. The molecule has 0 amide bonds. The number of hydrogen-bond acceptors (Lipinski definition) is 3. The Hall–Kier alpha value is -0.430. The Balaban J connectivity index is 0.00000242. The largest absolute Gasteiger partial charge is 0.446 e. The number of thioether (sulfide) groups is 1. The van der Waals surface area contributed by atoms with Crippen LogP contribution < -0.4 is 5.73 Å². The smallest absolute Gasteiger partial charge is 0.391 e. The van der Waals surface area contributed by atoms with Crippen LogP contribution in [0.5, 0.6) is 0 Å². The Kier molecular flexibility index (Phi) is 7.52. The summed E-state index contributed by atoms with van der Waals surface area (Å²) in [5, 5.41) is 10.3. The Bertz CT molecular complexity index is 449. The molecule has 126 valence electrons. The van der Waals surface area contributed by atoms with E-state index < -0.39 is 17.7 Å². The molecule has 7 heteroatoms. The van der Waals surface area contributed by atoms with E-state index in [9.17, 15) is 18.3 Å². The van der Waals surface area contributed by atoms with Crippen molar-refractivity contribution >= 4 is 24.2 Å². The molecular formula is C15H21ClF3NOS. The van der Waals surface area contributed by atoms with Crippen LogP contribution in [0.15, 0.2) is 29.2 Å². The lowest BCUT2D eigenvalue weighted by Gasteiger charge is -2.30. The van der Waals surface area contributed by atoms with Crippen molar-refractivity contribution in [1.82, 2.24) is 0 Å². The molecule has 1 aromatic rings. The molecule has 0 heterocycles. The highest BCUT2D eigenvalue weighted by Crippen LogP contribution is 2.37. The van der Waals surface area contributed by atoms with Gasteiger partial charge in [0, 0.05) is 4.90 Å². The Morgan fingerprint density at radius 1 is 1.09 bits per heavy atom. The summed E-state index contributed by atoms with van der Waals surface area (Å²) in [5.74, 6) is 0.193. The Morgan fingerprint density at radius 2 is 1.64 bits per heavy atom. The fourth-order valence-corrected chi connectivity index (χ4v) is 3.40. The van der Waals surface area contributed by atoms with Crippen LogP contribution in [0.1, 0.15) is 43.7 Å². The van der Waals surface area contributed by atoms with Gasteiger partial charge >= 0.3 is 5.51 Å². The fourth-order valence-electron chi connectivity index (χ4n) is 2.86. The predicted octanol–water partition coefficient (Wildman–Crippen LogP) is 4.66. The molecule has 1 fully saturated rings. The highest BCUT2D eigenvalue weighted by molar-refractivity contribution is 8.00. The number of benzene rings is 1. The molecule has 1 saturated carbocycles. The van der Waals surface area contributed by atoms with E-state index in [0.29, 0.717) is 5.56 Å². The minimum Gasteiger partial charge on any atom is -0.391 e. The van der Waals surface area contributed by atoms with E-state index in [0.717, 1.165) is 25.7 Å². The second-order valence-corrected chi connectivity index (χ2v) is 6.67. The quantitative estimate of drug-likeness (QED) is 0.772. The van der Waals surface area contributed by atoms with Crippen LogP contribution in [-0.4, -0.2) is 16.7 Å². The molecule has 1 aliphatic carbocycles.